The zero-order chi connectivity index (χ0) is 15.5. The molecular weight excluding hydrogens is 280 g/mol. The molecule has 2 aromatic carbocycles. The lowest BCUT2D eigenvalue weighted by Gasteiger charge is -2.15. The second kappa shape index (κ2) is 5.97. The molecule has 2 aromatic rings. The molecule has 1 aliphatic rings. The van der Waals surface area contributed by atoms with E-state index < -0.39 is 0 Å². The third-order valence-corrected chi connectivity index (χ3v) is 3.47. The van der Waals surface area contributed by atoms with Crippen molar-refractivity contribution >= 4 is 17.3 Å². The van der Waals surface area contributed by atoms with Gasteiger partial charge in [-0.05, 0) is 38.1 Å². The Labute approximate surface area is 129 Å². The smallest absolute Gasteiger partial charge is 0.246 e. The number of fused-ring (bicyclic) bond motifs is 1. The summed E-state index contributed by atoms with van der Waals surface area (Å²) in [5.41, 5.74) is 2.79. The molecule has 0 radical (unpaired) electrons. The lowest BCUT2D eigenvalue weighted by atomic mass is 10.2. The molecule has 0 saturated carbocycles. The first-order valence-corrected chi connectivity index (χ1v) is 7.15. The highest BCUT2D eigenvalue weighted by Crippen LogP contribution is 2.34. The van der Waals surface area contributed by atoms with E-state index >= 15 is 0 Å². The highest BCUT2D eigenvalue weighted by Gasteiger charge is 2.16. The van der Waals surface area contributed by atoms with Crippen molar-refractivity contribution in [3.8, 4) is 11.5 Å². The van der Waals surface area contributed by atoms with Gasteiger partial charge in [0.15, 0.2) is 11.5 Å². The maximum Gasteiger partial charge on any atom is 0.246 e. The molecule has 1 heterocycles. The van der Waals surface area contributed by atoms with Crippen molar-refractivity contribution in [2.75, 3.05) is 17.4 Å². The Morgan fingerprint density at radius 2 is 1.73 bits per heavy atom. The molecule has 0 aromatic heterocycles. The van der Waals surface area contributed by atoms with Gasteiger partial charge in [-0.3, -0.25) is 4.79 Å². The Morgan fingerprint density at radius 1 is 1.05 bits per heavy atom. The molecule has 5 nitrogen and oxygen atoms in total. The van der Waals surface area contributed by atoms with Crippen LogP contribution in [0.15, 0.2) is 42.5 Å². The summed E-state index contributed by atoms with van der Waals surface area (Å²) in [6.07, 6.45) is 0. The van der Waals surface area contributed by atoms with E-state index in [1.165, 1.54) is 5.56 Å². The Kier molecular flexibility index (Phi) is 3.87. The molecule has 0 fully saturated rings. The van der Waals surface area contributed by atoms with Crippen molar-refractivity contribution in [1.29, 1.82) is 0 Å². The van der Waals surface area contributed by atoms with Crippen LogP contribution < -0.4 is 20.1 Å². The van der Waals surface area contributed by atoms with Crippen LogP contribution in [0.25, 0.3) is 0 Å². The van der Waals surface area contributed by atoms with Gasteiger partial charge in [-0.2, -0.15) is 0 Å². The van der Waals surface area contributed by atoms with E-state index in [0.717, 1.165) is 5.69 Å². The fourth-order valence-corrected chi connectivity index (χ4v) is 2.19. The van der Waals surface area contributed by atoms with E-state index in [1.807, 2.05) is 38.1 Å². The summed E-state index contributed by atoms with van der Waals surface area (Å²) in [5, 5.41) is 6.04. The maximum absolute atomic E-state index is 12.2. The lowest BCUT2D eigenvalue weighted by molar-refractivity contribution is -0.116. The van der Waals surface area contributed by atoms with Crippen LogP contribution in [-0.2, 0) is 4.79 Å². The largest absolute Gasteiger partial charge is 0.454 e. The van der Waals surface area contributed by atoms with Crippen molar-refractivity contribution in [1.82, 2.24) is 0 Å². The lowest BCUT2D eigenvalue weighted by Crippen LogP contribution is -2.31. The summed E-state index contributed by atoms with van der Waals surface area (Å²) in [6.45, 7) is 4.07. The average Bonchev–Trinajstić information content (AvgIpc) is 2.97. The van der Waals surface area contributed by atoms with Crippen LogP contribution in [0.4, 0.5) is 11.4 Å². The molecule has 114 valence electrons. The number of ether oxygens (including phenoxy) is 2. The van der Waals surface area contributed by atoms with E-state index in [-0.39, 0.29) is 18.7 Å². The number of carbonyl (C=O) groups is 1. The van der Waals surface area contributed by atoms with Crippen LogP contribution in [-0.4, -0.2) is 18.7 Å². The summed E-state index contributed by atoms with van der Waals surface area (Å²) in [4.78, 5) is 12.2. The number of amides is 1. The van der Waals surface area contributed by atoms with Gasteiger partial charge in [-0.25, -0.2) is 0 Å². The molecule has 0 bridgehead atoms. The minimum absolute atomic E-state index is 0.112. The SMILES string of the molecule is Cc1ccc(N[C@@H](C)C(=O)Nc2ccc3c(c2)OCO3)cc1. The van der Waals surface area contributed by atoms with E-state index in [4.69, 9.17) is 9.47 Å². The molecule has 1 atom stereocenters. The summed E-state index contributed by atoms with van der Waals surface area (Å²) in [7, 11) is 0. The van der Waals surface area contributed by atoms with E-state index in [1.54, 1.807) is 18.2 Å². The van der Waals surface area contributed by atoms with E-state index in [2.05, 4.69) is 10.6 Å². The predicted octanol–water partition coefficient (Wildman–Crippen LogP) is 3.16. The van der Waals surface area contributed by atoms with Gasteiger partial charge >= 0.3 is 0 Å². The molecule has 1 amide bonds. The van der Waals surface area contributed by atoms with Crippen LogP contribution in [0.3, 0.4) is 0 Å². The second-order valence-corrected chi connectivity index (χ2v) is 5.29. The van der Waals surface area contributed by atoms with Crippen molar-refractivity contribution in [2.24, 2.45) is 0 Å². The van der Waals surface area contributed by atoms with Gasteiger partial charge < -0.3 is 20.1 Å². The fourth-order valence-electron chi connectivity index (χ4n) is 2.19. The molecule has 1 aliphatic heterocycles. The Balaban J connectivity index is 1.62. The van der Waals surface area contributed by atoms with Gasteiger partial charge in [0.25, 0.3) is 0 Å². The Morgan fingerprint density at radius 3 is 2.50 bits per heavy atom. The molecule has 0 aliphatic carbocycles. The molecule has 3 rings (SSSR count). The predicted molar refractivity (Wildman–Crippen MR) is 85.5 cm³/mol. The number of rotatable bonds is 4. The number of anilines is 2. The number of nitrogens with one attached hydrogen (secondary N) is 2. The Hall–Kier alpha value is -2.69. The molecule has 5 heteroatoms. The second-order valence-electron chi connectivity index (χ2n) is 5.29. The zero-order valence-corrected chi connectivity index (χ0v) is 12.6. The van der Waals surface area contributed by atoms with Gasteiger partial charge in [-0.1, -0.05) is 17.7 Å². The van der Waals surface area contributed by atoms with Crippen LogP contribution in [0, 0.1) is 6.92 Å². The van der Waals surface area contributed by atoms with Crippen LogP contribution >= 0.6 is 0 Å². The highest BCUT2D eigenvalue weighted by atomic mass is 16.7. The number of hydrogen-bond acceptors (Lipinski definition) is 4. The quantitative estimate of drug-likeness (QED) is 0.910. The normalized spacial score (nSPS) is 13.5. The summed E-state index contributed by atoms with van der Waals surface area (Å²) in [5.74, 6) is 1.24. The van der Waals surface area contributed by atoms with Crippen LogP contribution in [0.2, 0.25) is 0 Å². The fraction of sp³-hybridized carbons (Fsp3) is 0.235. The van der Waals surface area contributed by atoms with Gasteiger partial charge in [0.2, 0.25) is 12.7 Å². The van der Waals surface area contributed by atoms with Crippen LogP contribution in [0.5, 0.6) is 11.5 Å². The number of carbonyl (C=O) groups excluding carboxylic acids is 1. The molecule has 0 saturated heterocycles. The van der Waals surface area contributed by atoms with Gasteiger partial charge in [0.05, 0.1) is 0 Å². The molecular formula is C17H18N2O3. The molecule has 22 heavy (non-hydrogen) atoms. The minimum atomic E-state index is -0.354. The van der Waals surface area contributed by atoms with Gasteiger partial charge in [0.1, 0.15) is 6.04 Å². The number of aryl methyl sites for hydroxylation is 1. The number of hydrogen-bond donors (Lipinski definition) is 2. The minimum Gasteiger partial charge on any atom is -0.454 e. The van der Waals surface area contributed by atoms with Crippen molar-refractivity contribution < 1.29 is 14.3 Å². The third kappa shape index (κ3) is 3.14. The van der Waals surface area contributed by atoms with Crippen molar-refractivity contribution in [3.05, 3.63) is 48.0 Å². The third-order valence-electron chi connectivity index (χ3n) is 3.47. The summed E-state index contributed by atoms with van der Waals surface area (Å²) >= 11 is 0. The first kappa shape index (κ1) is 14.3. The van der Waals surface area contributed by atoms with E-state index in [0.29, 0.717) is 17.2 Å². The zero-order valence-electron chi connectivity index (χ0n) is 12.6. The van der Waals surface area contributed by atoms with Crippen LogP contribution in [0.1, 0.15) is 12.5 Å². The van der Waals surface area contributed by atoms with Gasteiger partial charge in [0, 0.05) is 17.4 Å². The summed E-state index contributed by atoms with van der Waals surface area (Å²) in [6, 6.07) is 12.9. The molecule has 2 N–H and O–H groups in total. The van der Waals surface area contributed by atoms with Crippen molar-refractivity contribution in [2.45, 2.75) is 19.9 Å². The van der Waals surface area contributed by atoms with Gasteiger partial charge in [-0.15, -0.1) is 0 Å². The monoisotopic (exact) mass is 298 g/mol. The first-order chi connectivity index (χ1) is 10.6. The summed E-state index contributed by atoms with van der Waals surface area (Å²) < 4.78 is 10.5. The number of benzene rings is 2. The molecule has 0 unspecified atom stereocenters. The highest BCUT2D eigenvalue weighted by molar-refractivity contribution is 5.96. The molecule has 0 spiro atoms. The average molecular weight is 298 g/mol. The Bertz CT molecular complexity index is 683. The van der Waals surface area contributed by atoms with Crippen molar-refractivity contribution in [3.63, 3.8) is 0 Å². The topological polar surface area (TPSA) is 59.6 Å². The maximum atomic E-state index is 12.2. The standard InChI is InChI=1S/C17H18N2O3/c1-11-3-5-13(6-4-11)18-12(2)17(20)19-14-7-8-15-16(9-14)22-10-21-15/h3-9,12,18H,10H2,1-2H3,(H,19,20)/t12-/m0/s1. The van der Waals surface area contributed by atoms with E-state index in [9.17, 15) is 4.79 Å². The first-order valence-electron chi connectivity index (χ1n) is 7.15.